The van der Waals surface area contributed by atoms with Gasteiger partial charge >= 0.3 is 5.97 Å². The largest absolute Gasteiger partial charge is 0.464 e. The number of halogens is 1. The van der Waals surface area contributed by atoms with Crippen molar-refractivity contribution in [2.75, 3.05) is 13.2 Å². The number of carbonyl (C=O) groups is 1. The molecule has 0 saturated carbocycles. The maximum Gasteiger partial charge on any atom is 0.324 e. The zero-order valence-electron chi connectivity index (χ0n) is 11.8. The fraction of sp³-hybridized carbons (Fsp3) is 0.462. The first-order chi connectivity index (χ1) is 9.47. The van der Waals surface area contributed by atoms with Gasteiger partial charge in [0.1, 0.15) is 6.04 Å². The summed E-state index contributed by atoms with van der Waals surface area (Å²) in [4.78, 5) is 11.6. The van der Waals surface area contributed by atoms with Crippen LogP contribution in [0.3, 0.4) is 0 Å². The summed E-state index contributed by atoms with van der Waals surface area (Å²) in [5.41, 5.74) is 5.58. The fourth-order valence-electron chi connectivity index (χ4n) is 1.39. The standard InChI is InChI=1S/C13H20N2O4S.ClH/c1-2-3-9-19-13(16)12(14)10-15-20(17,18)11-7-5-4-6-8-11;/h4-8,12,15H,2-3,9-10,14H2,1H3;1H/t12-;/m0./s1. The molecule has 0 fully saturated rings. The molecule has 0 aliphatic heterocycles. The van der Waals surface area contributed by atoms with Crippen LogP contribution in [0.4, 0.5) is 0 Å². The van der Waals surface area contributed by atoms with Crippen molar-refractivity contribution in [1.29, 1.82) is 0 Å². The van der Waals surface area contributed by atoms with E-state index in [9.17, 15) is 13.2 Å². The number of carbonyl (C=O) groups excluding carboxylic acids is 1. The van der Waals surface area contributed by atoms with Crippen molar-refractivity contribution in [2.24, 2.45) is 5.73 Å². The molecule has 1 aromatic carbocycles. The van der Waals surface area contributed by atoms with Gasteiger partial charge in [0.15, 0.2) is 0 Å². The molecule has 3 N–H and O–H groups in total. The predicted molar refractivity (Wildman–Crippen MR) is 82.7 cm³/mol. The van der Waals surface area contributed by atoms with Crippen LogP contribution in [0.2, 0.25) is 0 Å². The Kier molecular flexibility index (Phi) is 9.19. The van der Waals surface area contributed by atoms with Crippen LogP contribution in [-0.2, 0) is 19.6 Å². The normalized spacial score (nSPS) is 12.3. The van der Waals surface area contributed by atoms with E-state index in [1.807, 2.05) is 6.92 Å². The van der Waals surface area contributed by atoms with Crippen LogP contribution in [-0.4, -0.2) is 33.6 Å². The zero-order chi connectivity index (χ0) is 15.0. The number of nitrogens with one attached hydrogen (secondary N) is 1. The van der Waals surface area contributed by atoms with Gasteiger partial charge in [-0.15, -0.1) is 12.4 Å². The lowest BCUT2D eigenvalue weighted by Gasteiger charge is -2.12. The Bertz CT molecular complexity index is 522. The number of unbranched alkanes of at least 4 members (excludes halogenated alkanes) is 1. The van der Waals surface area contributed by atoms with Gasteiger partial charge in [0.2, 0.25) is 10.0 Å². The third-order valence-electron chi connectivity index (χ3n) is 2.59. The lowest BCUT2D eigenvalue weighted by atomic mass is 10.3. The molecule has 1 atom stereocenters. The SMILES string of the molecule is CCCCOC(=O)[C@@H](N)CNS(=O)(=O)c1ccccc1.Cl. The van der Waals surface area contributed by atoms with E-state index >= 15 is 0 Å². The number of rotatable bonds is 8. The third kappa shape index (κ3) is 6.90. The minimum atomic E-state index is -3.65. The van der Waals surface area contributed by atoms with Crippen LogP contribution in [0.15, 0.2) is 35.2 Å². The van der Waals surface area contributed by atoms with Crippen LogP contribution in [0.25, 0.3) is 0 Å². The maximum absolute atomic E-state index is 11.9. The second-order valence-electron chi connectivity index (χ2n) is 4.29. The summed E-state index contributed by atoms with van der Waals surface area (Å²) in [6, 6.07) is 6.88. The average molecular weight is 337 g/mol. The van der Waals surface area contributed by atoms with E-state index in [-0.39, 0.29) is 23.8 Å². The van der Waals surface area contributed by atoms with E-state index in [1.165, 1.54) is 12.1 Å². The van der Waals surface area contributed by atoms with E-state index in [0.717, 1.165) is 12.8 Å². The molecule has 0 spiro atoms. The van der Waals surface area contributed by atoms with Crippen LogP contribution in [0.5, 0.6) is 0 Å². The number of nitrogens with two attached hydrogens (primary N) is 1. The average Bonchev–Trinajstić information content (AvgIpc) is 2.46. The minimum absolute atomic E-state index is 0. The van der Waals surface area contributed by atoms with E-state index < -0.39 is 22.0 Å². The highest BCUT2D eigenvalue weighted by Gasteiger charge is 2.19. The second-order valence-corrected chi connectivity index (χ2v) is 6.06. The number of sulfonamides is 1. The van der Waals surface area contributed by atoms with Gasteiger partial charge in [0.05, 0.1) is 11.5 Å². The van der Waals surface area contributed by atoms with Gasteiger partial charge < -0.3 is 10.5 Å². The van der Waals surface area contributed by atoms with Crippen LogP contribution in [0, 0.1) is 0 Å². The van der Waals surface area contributed by atoms with Gasteiger partial charge in [0, 0.05) is 6.54 Å². The van der Waals surface area contributed by atoms with E-state index in [2.05, 4.69) is 4.72 Å². The Labute approximate surface area is 131 Å². The Morgan fingerprint density at radius 1 is 1.33 bits per heavy atom. The van der Waals surface area contributed by atoms with Gasteiger partial charge in [-0.3, -0.25) is 4.79 Å². The number of esters is 1. The molecule has 0 bridgehead atoms. The summed E-state index contributed by atoms with van der Waals surface area (Å²) in [5.74, 6) is -0.603. The van der Waals surface area contributed by atoms with Crippen LogP contribution < -0.4 is 10.5 Å². The fourth-order valence-corrected chi connectivity index (χ4v) is 2.47. The van der Waals surface area contributed by atoms with Crippen molar-refractivity contribution >= 4 is 28.4 Å². The summed E-state index contributed by atoms with van der Waals surface area (Å²) < 4.78 is 31.0. The van der Waals surface area contributed by atoms with Gasteiger partial charge in [-0.2, -0.15) is 0 Å². The molecule has 6 nitrogen and oxygen atoms in total. The van der Waals surface area contributed by atoms with Crippen molar-refractivity contribution in [2.45, 2.75) is 30.7 Å². The monoisotopic (exact) mass is 336 g/mol. The summed E-state index contributed by atoms with van der Waals surface area (Å²) in [6.45, 7) is 2.08. The van der Waals surface area contributed by atoms with E-state index in [1.54, 1.807) is 18.2 Å². The van der Waals surface area contributed by atoms with Crippen molar-refractivity contribution in [1.82, 2.24) is 4.72 Å². The van der Waals surface area contributed by atoms with Gasteiger partial charge in [-0.1, -0.05) is 31.5 Å². The van der Waals surface area contributed by atoms with Crippen molar-refractivity contribution in [3.8, 4) is 0 Å². The molecule has 0 unspecified atom stereocenters. The summed E-state index contributed by atoms with van der Waals surface area (Å²) in [5, 5.41) is 0. The van der Waals surface area contributed by atoms with Gasteiger partial charge in [0.25, 0.3) is 0 Å². The number of benzene rings is 1. The predicted octanol–water partition coefficient (Wildman–Crippen LogP) is 1.06. The van der Waals surface area contributed by atoms with Crippen LogP contribution >= 0.6 is 12.4 Å². The first-order valence-electron chi connectivity index (χ1n) is 6.44. The lowest BCUT2D eigenvalue weighted by Crippen LogP contribution is -2.43. The molecule has 0 amide bonds. The molecule has 21 heavy (non-hydrogen) atoms. The maximum atomic E-state index is 11.9. The van der Waals surface area contributed by atoms with Crippen molar-refractivity contribution in [3.63, 3.8) is 0 Å². The molecule has 0 radical (unpaired) electrons. The smallest absolute Gasteiger partial charge is 0.324 e. The number of hydrogen-bond donors (Lipinski definition) is 2. The third-order valence-corrected chi connectivity index (χ3v) is 4.03. The molecule has 0 aromatic heterocycles. The van der Waals surface area contributed by atoms with Crippen molar-refractivity contribution in [3.05, 3.63) is 30.3 Å². The molecule has 0 aliphatic rings. The van der Waals surface area contributed by atoms with E-state index in [0.29, 0.717) is 6.61 Å². The molecule has 8 heteroatoms. The summed E-state index contributed by atoms with van der Waals surface area (Å²) in [6.07, 6.45) is 1.66. The van der Waals surface area contributed by atoms with Crippen LogP contribution in [0.1, 0.15) is 19.8 Å². The molecular weight excluding hydrogens is 316 g/mol. The molecule has 0 aliphatic carbocycles. The zero-order valence-corrected chi connectivity index (χ0v) is 13.5. The molecule has 1 aromatic rings. The second kappa shape index (κ2) is 9.73. The lowest BCUT2D eigenvalue weighted by molar-refractivity contribution is -0.145. The minimum Gasteiger partial charge on any atom is -0.464 e. The molecule has 120 valence electrons. The van der Waals surface area contributed by atoms with Gasteiger partial charge in [-0.05, 0) is 18.6 Å². The topological polar surface area (TPSA) is 98.5 Å². The molecule has 0 saturated heterocycles. The Morgan fingerprint density at radius 3 is 2.52 bits per heavy atom. The van der Waals surface area contributed by atoms with Gasteiger partial charge in [-0.25, -0.2) is 13.1 Å². The van der Waals surface area contributed by atoms with E-state index in [4.69, 9.17) is 10.5 Å². The quantitative estimate of drug-likeness (QED) is 0.546. The Morgan fingerprint density at radius 2 is 1.95 bits per heavy atom. The first-order valence-corrected chi connectivity index (χ1v) is 7.92. The highest BCUT2D eigenvalue weighted by molar-refractivity contribution is 7.89. The molecule has 1 rings (SSSR count). The highest BCUT2D eigenvalue weighted by Crippen LogP contribution is 2.06. The Hall–Kier alpha value is -1.15. The van der Waals surface area contributed by atoms with Crippen molar-refractivity contribution < 1.29 is 17.9 Å². The molecular formula is C13H21ClN2O4S. The summed E-state index contributed by atoms with van der Waals surface area (Å²) >= 11 is 0. The number of ether oxygens (including phenoxy) is 1. The first kappa shape index (κ1) is 19.9. The highest BCUT2D eigenvalue weighted by atomic mass is 35.5. The molecule has 0 heterocycles. The Balaban J connectivity index is 0.00000400. The summed E-state index contributed by atoms with van der Waals surface area (Å²) in [7, 11) is -3.65. The number of hydrogen-bond acceptors (Lipinski definition) is 5.